The summed E-state index contributed by atoms with van der Waals surface area (Å²) in [6.45, 7) is 4.91. The van der Waals surface area contributed by atoms with Gasteiger partial charge in [-0.3, -0.25) is 9.69 Å². The fourth-order valence-electron chi connectivity index (χ4n) is 5.84. The summed E-state index contributed by atoms with van der Waals surface area (Å²) in [6.07, 6.45) is 2.26. The fourth-order valence-corrected chi connectivity index (χ4v) is 6.62. The summed E-state index contributed by atoms with van der Waals surface area (Å²) in [5.74, 6) is 2.39. The molecule has 1 fully saturated rings. The Bertz CT molecular complexity index is 1790. The topological polar surface area (TPSA) is 85.6 Å². The van der Waals surface area contributed by atoms with E-state index < -0.39 is 0 Å². The summed E-state index contributed by atoms with van der Waals surface area (Å²) in [4.78, 5) is 22.1. The Labute approximate surface area is 259 Å². The van der Waals surface area contributed by atoms with Crippen molar-refractivity contribution in [1.82, 2.24) is 29.5 Å². The summed E-state index contributed by atoms with van der Waals surface area (Å²) >= 11 is 1.56. The van der Waals surface area contributed by atoms with Crippen LogP contribution in [0.1, 0.15) is 30.4 Å². The Morgan fingerprint density at radius 2 is 1.66 bits per heavy atom. The first-order valence-electron chi connectivity index (χ1n) is 15.0. The van der Waals surface area contributed by atoms with E-state index in [0.29, 0.717) is 18.1 Å². The lowest BCUT2D eigenvalue weighted by Gasteiger charge is -2.34. The predicted octanol–water partition coefficient (Wildman–Crippen LogP) is 5.50. The maximum Gasteiger partial charge on any atom is 0.231 e. The number of para-hydroxylation sites is 1. The number of hydrogen-bond acceptors (Lipinski definition) is 8. The van der Waals surface area contributed by atoms with Crippen molar-refractivity contribution in [3.8, 4) is 11.5 Å². The van der Waals surface area contributed by atoms with Crippen LogP contribution in [0.25, 0.3) is 22.1 Å². The monoisotopic (exact) mass is 612 g/mol. The first-order valence-corrected chi connectivity index (χ1v) is 16.0. The van der Waals surface area contributed by atoms with Crippen LogP contribution in [-0.4, -0.2) is 74.2 Å². The number of hydrogen-bond donors (Lipinski definition) is 0. The van der Waals surface area contributed by atoms with Gasteiger partial charge in [-0.05, 0) is 54.3 Å². The third kappa shape index (κ3) is 6.20. The van der Waals surface area contributed by atoms with E-state index in [1.165, 1.54) is 17.7 Å². The number of unbranched alkanes of at least 4 members (excludes halogenated alkanes) is 1. The Hall–Kier alpha value is -4.22. The summed E-state index contributed by atoms with van der Waals surface area (Å²) in [6, 6.07) is 20.7. The number of ether oxygens (including phenoxy) is 2. The molecule has 226 valence electrons. The molecule has 1 amide bonds. The summed E-state index contributed by atoms with van der Waals surface area (Å²) in [5.41, 5.74) is 4.72. The van der Waals surface area contributed by atoms with E-state index in [2.05, 4.69) is 25.7 Å². The quantitative estimate of drug-likeness (QED) is 0.151. The smallest absolute Gasteiger partial charge is 0.231 e. The SMILES string of the molecule is O=C(CCCCSc1nnc2c3ccccc3n(Cc3ccc(F)cc3)c2n1)N1CCN(Cc2ccc3c(c2)OCO3)CC1. The molecule has 5 aromatic rings. The molecule has 0 spiro atoms. The molecule has 0 N–H and O–H groups in total. The highest BCUT2D eigenvalue weighted by Gasteiger charge is 2.22. The lowest BCUT2D eigenvalue weighted by Crippen LogP contribution is -2.48. The lowest BCUT2D eigenvalue weighted by molar-refractivity contribution is -0.133. The van der Waals surface area contributed by atoms with Crippen molar-refractivity contribution in [3.63, 3.8) is 0 Å². The number of carbonyl (C=O) groups is 1. The zero-order valence-electron chi connectivity index (χ0n) is 24.3. The molecule has 2 aliphatic rings. The predicted molar refractivity (Wildman–Crippen MR) is 167 cm³/mol. The number of thioether (sulfide) groups is 1. The Morgan fingerprint density at radius 1 is 0.864 bits per heavy atom. The number of fused-ring (bicyclic) bond motifs is 4. The minimum Gasteiger partial charge on any atom is -0.454 e. The van der Waals surface area contributed by atoms with Crippen LogP contribution < -0.4 is 9.47 Å². The second kappa shape index (κ2) is 12.8. The van der Waals surface area contributed by atoms with Crippen molar-refractivity contribution in [2.45, 2.75) is 37.5 Å². The standard InChI is InChI=1S/C33H33FN6O3S/c34-25-11-8-23(9-12-25)21-40-27-6-2-1-5-26(27)31-32(40)35-33(37-36-31)44-18-4-3-7-30(41)39-16-14-38(15-17-39)20-24-10-13-28-29(19-24)43-22-42-28/h1-2,5-6,8-13,19H,3-4,7,14-18,20-22H2. The van der Waals surface area contributed by atoms with Crippen molar-refractivity contribution in [3.05, 3.63) is 83.7 Å². The van der Waals surface area contributed by atoms with Crippen molar-refractivity contribution in [1.29, 1.82) is 0 Å². The first kappa shape index (κ1) is 28.5. The van der Waals surface area contributed by atoms with E-state index in [1.54, 1.807) is 23.9 Å². The highest BCUT2D eigenvalue weighted by atomic mass is 32.2. The molecule has 11 heteroatoms. The number of aromatic nitrogens is 4. The van der Waals surface area contributed by atoms with Gasteiger partial charge in [0.1, 0.15) is 11.3 Å². The maximum absolute atomic E-state index is 13.5. The summed E-state index contributed by atoms with van der Waals surface area (Å²) in [5, 5.41) is 10.5. The van der Waals surface area contributed by atoms with E-state index in [0.717, 1.165) is 90.4 Å². The summed E-state index contributed by atoms with van der Waals surface area (Å²) < 4.78 is 26.5. The third-order valence-electron chi connectivity index (χ3n) is 8.19. The number of benzene rings is 3. The molecule has 9 nitrogen and oxygen atoms in total. The van der Waals surface area contributed by atoms with Crippen molar-refractivity contribution in [2.75, 3.05) is 38.7 Å². The average molecular weight is 613 g/mol. The second-order valence-corrected chi connectivity index (χ2v) is 12.2. The number of piperazine rings is 1. The van der Waals surface area contributed by atoms with Gasteiger partial charge in [0.05, 0.1) is 5.52 Å². The first-order chi connectivity index (χ1) is 21.6. The van der Waals surface area contributed by atoms with Crippen molar-refractivity contribution < 1.29 is 18.7 Å². The average Bonchev–Trinajstić information content (AvgIpc) is 3.64. The van der Waals surface area contributed by atoms with Crippen LogP contribution in [0.4, 0.5) is 4.39 Å². The van der Waals surface area contributed by atoms with Crippen LogP contribution in [0.3, 0.4) is 0 Å². The molecule has 44 heavy (non-hydrogen) atoms. The van der Waals surface area contributed by atoms with Gasteiger partial charge in [-0.25, -0.2) is 9.37 Å². The highest BCUT2D eigenvalue weighted by Crippen LogP contribution is 2.33. The van der Waals surface area contributed by atoms with Gasteiger partial charge < -0.3 is 18.9 Å². The largest absolute Gasteiger partial charge is 0.454 e. The molecule has 1 saturated heterocycles. The van der Waals surface area contributed by atoms with Crippen LogP contribution in [0, 0.1) is 5.82 Å². The van der Waals surface area contributed by atoms with Crippen molar-refractivity contribution >= 4 is 39.7 Å². The number of amides is 1. The number of nitrogens with zero attached hydrogens (tertiary/aromatic N) is 6. The minimum absolute atomic E-state index is 0.224. The molecular formula is C33H33FN6O3S. The minimum atomic E-state index is -0.253. The molecule has 0 saturated carbocycles. The van der Waals surface area contributed by atoms with E-state index >= 15 is 0 Å². The number of carbonyl (C=O) groups excluding carboxylic acids is 1. The Morgan fingerprint density at radius 3 is 2.52 bits per heavy atom. The molecule has 2 aromatic heterocycles. The van der Waals surface area contributed by atoms with E-state index in [9.17, 15) is 9.18 Å². The summed E-state index contributed by atoms with van der Waals surface area (Å²) in [7, 11) is 0. The second-order valence-electron chi connectivity index (χ2n) is 11.1. The molecule has 7 rings (SSSR count). The molecule has 0 atom stereocenters. The van der Waals surface area contributed by atoms with Gasteiger partial charge in [0.15, 0.2) is 17.1 Å². The lowest BCUT2D eigenvalue weighted by atomic mass is 10.1. The molecule has 4 heterocycles. The van der Waals surface area contributed by atoms with Crippen LogP contribution >= 0.6 is 11.8 Å². The van der Waals surface area contributed by atoms with Crippen molar-refractivity contribution in [2.24, 2.45) is 0 Å². The maximum atomic E-state index is 13.5. The van der Waals surface area contributed by atoms with E-state index in [1.807, 2.05) is 41.3 Å². The van der Waals surface area contributed by atoms with Gasteiger partial charge in [-0.1, -0.05) is 48.2 Å². The molecule has 0 unspecified atom stereocenters. The van der Waals surface area contributed by atoms with Gasteiger partial charge in [-0.15, -0.1) is 10.2 Å². The highest BCUT2D eigenvalue weighted by molar-refractivity contribution is 7.99. The number of halogens is 1. The molecule has 0 bridgehead atoms. The molecular weight excluding hydrogens is 579 g/mol. The molecule has 3 aromatic carbocycles. The zero-order valence-corrected chi connectivity index (χ0v) is 25.1. The van der Waals surface area contributed by atoms with E-state index in [-0.39, 0.29) is 18.5 Å². The molecule has 2 aliphatic heterocycles. The van der Waals surface area contributed by atoms with Gasteiger partial charge in [0.2, 0.25) is 17.9 Å². The van der Waals surface area contributed by atoms with Gasteiger partial charge in [0.25, 0.3) is 0 Å². The van der Waals surface area contributed by atoms with Crippen LogP contribution in [0.5, 0.6) is 11.5 Å². The van der Waals surface area contributed by atoms with Gasteiger partial charge >= 0.3 is 0 Å². The zero-order chi connectivity index (χ0) is 29.9. The Balaban J connectivity index is 0.893. The normalized spacial score (nSPS) is 15.0. The molecule has 0 aliphatic carbocycles. The Kier molecular flexibility index (Phi) is 8.30. The van der Waals surface area contributed by atoms with Crippen LogP contribution in [0.15, 0.2) is 71.9 Å². The third-order valence-corrected chi connectivity index (χ3v) is 9.12. The fraction of sp³-hybridized carbons (Fsp3) is 0.333. The van der Waals surface area contributed by atoms with Crippen LogP contribution in [0.2, 0.25) is 0 Å². The number of rotatable bonds is 10. The molecule has 0 radical (unpaired) electrons. The van der Waals surface area contributed by atoms with Gasteiger partial charge in [0, 0.05) is 56.8 Å². The van der Waals surface area contributed by atoms with Gasteiger partial charge in [-0.2, -0.15) is 0 Å². The van der Waals surface area contributed by atoms with Crippen LogP contribution in [-0.2, 0) is 17.9 Å². The van der Waals surface area contributed by atoms with E-state index in [4.69, 9.17) is 14.5 Å².